The fourth-order valence-corrected chi connectivity index (χ4v) is 5.82. The zero-order valence-electron chi connectivity index (χ0n) is 19.9. The third kappa shape index (κ3) is 6.55. The summed E-state index contributed by atoms with van der Waals surface area (Å²) in [6.45, 7) is 0.427. The summed E-state index contributed by atoms with van der Waals surface area (Å²) in [5, 5.41) is 10.4. The number of halogens is 2. The molecule has 0 N–H and O–H groups in total. The first kappa shape index (κ1) is 27.7. The van der Waals surface area contributed by atoms with Crippen LogP contribution in [0.4, 0.5) is 10.5 Å². The van der Waals surface area contributed by atoms with E-state index in [1.165, 1.54) is 19.2 Å². The zero-order valence-corrected chi connectivity index (χ0v) is 23.9. The number of hydrogen-bond donors (Lipinski definition) is 0. The van der Waals surface area contributed by atoms with E-state index < -0.39 is 10.8 Å². The maximum Gasteiger partial charge on any atom is 0.293 e. The molecule has 0 radical (unpaired) electrons. The molecule has 3 aromatic carbocycles. The molecule has 1 saturated heterocycles. The second kappa shape index (κ2) is 12.5. The van der Waals surface area contributed by atoms with Gasteiger partial charge in [-0.2, -0.15) is 0 Å². The molecule has 12 heteroatoms. The molecule has 1 aliphatic heterocycles. The number of non-ortho nitro benzene ring substituents is 1. The number of hydrogen-bond acceptors (Lipinski definition) is 8. The van der Waals surface area contributed by atoms with E-state index >= 15 is 0 Å². The minimum atomic E-state index is -0.457. The van der Waals surface area contributed by atoms with Crippen molar-refractivity contribution < 1.29 is 28.7 Å². The highest BCUT2D eigenvalue weighted by Crippen LogP contribution is 2.38. The molecule has 0 spiro atoms. The molecule has 0 atom stereocenters. The smallest absolute Gasteiger partial charge is 0.293 e. The third-order valence-electron chi connectivity index (χ3n) is 5.36. The lowest BCUT2D eigenvalue weighted by Gasteiger charge is -2.14. The van der Waals surface area contributed by atoms with E-state index in [1.807, 2.05) is 12.1 Å². The van der Waals surface area contributed by atoms with Crippen LogP contribution in [0.5, 0.6) is 17.2 Å². The summed E-state index contributed by atoms with van der Waals surface area (Å²) in [5.74, 6) is 1.23. The van der Waals surface area contributed by atoms with E-state index in [1.54, 1.807) is 42.5 Å². The summed E-state index contributed by atoms with van der Waals surface area (Å²) >= 11 is 7.84. The Labute approximate surface area is 239 Å². The Morgan fingerprint density at radius 1 is 1.00 bits per heavy atom. The predicted octanol–water partition coefficient (Wildman–Crippen LogP) is 6.82. The molecule has 9 nitrogen and oxygen atoms in total. The van der Waals surface area contributed by atoms with Crippen molar-refractivity contribution in [2.24, 2.45) is 0 Å². The van der Waals surface area contributed by atoms with E-state index in [0.717, 1.165) is 22.2 Å². The Morgan fingerprint density at radius 2 is 1.66 bits per heavy atom. The molecule has 1 fully saturated rings. The van der Waals surface area contributed by atoms with Crippen molar-refractivity contribution in [2.75, 3.05) is 20.3 Å². The van der Waals surface area contributed by atoms with E-state index in [-0.39, 0.29) is 30.7 Å². The highest BCUT2D eigenvalue weighted by atomic mass is 79.9. The maximum absolute atomic E-state index is 12.9. The number of amides is 2. The van der Waals surface area contributed by atoms with Gasteiger partial charge >= 0.3 is 0 Å². The second-order valence-corrected chi connectivity index (χ2v) is 10.6. The van der Waals surface area contributed by atoms with Crippen molar-refractivity contribution in [3.8, 4) is 17.2 Å². The van der Waals surface area contributed by atoms with Gasteiger partial charge in [-0.05, 0) is 97.2 Å². The molecule has 2 amide bonds. The Hall–Kier alpha value is -3.35. The SMILES string of the molecule is COc1ccccc1OCCN1C(=O)S/C(=C\c2cc(Br)c(OCc3ccc([N+](=O)[O-])cc3)c(Br)c2)C1=O. The van der Waals surface area contributed by atoms with Crippen LogP contribution in [0.2, 0.25) is 0 Å². The molecule has 3 aromatic rings. The maximum atomic E-state index is 12.9. The number of benzene rings is 3. The lowest BCUT2D eigenvalue weighted by atomic mass is 10.2. The largest absolute Gasteiger partial charge is 0.493 e. The molecule has 0 aliphatic carbocycles. The quantitative estimate of drug-likeness (QED) is 0.132. The van der Waals surface area contributed by atoms with Crippen molar-refractivity contribution in [3.05, 3.63) is 95.8 Å². The number of imide groups is 1. The number of methoxy groups -OCH3 is 1. The first-order chi connectivity index (χ1) is 18.3. The molecule has 1 aliphatic rings. The Morgan fingerprint density at radius 3 is 2.29 bits per heavy atom. The van der Waals surface area contributed by atoms with Crippen LogP contribution in [0.15, 0.2) is 74.5 Å². The second-order valence-electron chi connectivity index (χ2n) is 7.86. The molecule has 4 rings (SSSR count). The number of carbonyl (C=O) groups is 2. The average Bonchev–Trinajstić information content (AvgIpc) is 3.16. The van der Waals surface area contributed by atoms with Crippen LogP contribution in [0.1, 0.15) is 11.1 Å². The van der Waals surface area contributed by atoms with Crippen LogP contribution in [0.25, 0.3) is 6.08 Å². The van der Waals surface area contributed by atoms with Crippen molar-refractivity contribution in [1.82, 2.24) is 4.90 Å². The lowest BCUT2D eigenvalue weighted by molar-refractivity contribution is -0.384. The van der Waals surface area contributed by atoms with Gasteiger partial charge in [-0.1, -0.05) is 12.1 Å². The van der Waals surface area contributed by atoms with E-state index in [4.69, 9.17) is 14.2 Å². The Bertz CT molecular complexity index is 1390. The number of para-hydroxylation sites is 2. The van der Waals surface area contributed by atoms with Crippen LogP contribution >= 0.6 is 43.6 Å². The summed E-state index contributed by atoms with van der Waals surface area (Å²) < 4.78 is 18.1. The van der Waals surface area contributed by atoms with Gasteiger partial charge in [-0.3, -0.25) is 24.6 Å². The van der Waals surface area contributed by atoms with Gasteiger partial charge in [-0.25, -0.2) is 0 Å². The first-order valence-corrected chi connectivity index (χ1v) is 13.5. The molecule has 0 unspecified atom stereocenters. The summed E-state index contributed by atoms with van der Waals surface area (Å²) in [4.78, 5) is 37.2. The van der Waals surface area contributed by atoms with Gasteiger partial charge in [-0.15, -0.1) is 0 Å². The number of nitro benzene ring substituents is 1. The van der Waals surface area contributed by atoms with Crippen molar-refractivity contribution >= 4 is 66.5 Å². The average molecular weight is 664 g/mol. The van der Waals surface area contributed by atoms with Gasteiger partial charge < -0.3 is 14.2 Å². The molecule has 38 heavy (non-hydrogen) atoms. The number of nitrogens with zero attached hydrogens (tertiary/aromatic N) is 2. The minimum Gasteiger partial charge on any atom is -0.493 e. The fourth-order valence-electron chi connectivity index (χ4n) is 3.50. The zero-order chi connectivity index (χ0) is 27.2. The molecule has 0 aromatic heterocycles. The molecular weight excluding hydrogens is 644 g/mol. The van der Waals surface area contributed by atoms with Gasteiger partial charge in [0.1, 0.15) is 19.0 Å². The molecule has 196 valence electrons. The highest BCUT2D eigenvalue weighted by molar-refractivity contribution is 9.11. The lowest BCUT2D eigenvalue weighted by Crippen LogP contribution is -2.32. The van der Waals surface area contributed by atoms with Crippen LogP contribution in [-0.2, 0) is 11.4 Å². The van der Waals surface area contributed by atoms with E-state index in [0.29, 0.717) is 36.7 Å². The monoisotopic (exact) mass is 662 g/mol. The third-order valence-corrected chi connectivity index (χ3v) is 7.45. The standard InChI is InChI=1S/C26H20Br2N2O7S/c1-35-21-4-2-3-5-22(21)36-11-10-29-25(31)23(38-26(29)32)14-17-12-19(27)24(20(28)13-17)37-15-16-6-8-18(9-7-16)30(33)34/h2-9,12-14H,10-11,15H2,1H3/b23-14-. The van der Waals surface area contributed by atoms with Gasteiger partial charge in [0.2, 0.25) is 0 Å². The molecule has 0 bridgehead atoms. The normalized spacial score (nSPS) is 14.2. The van der Waals surface area contributed by atoms with Gasteiger partial charge in [0, 0.05) is 12.1 Å². The van der Waals surface area contributed by atoms with Gasteiger partial charge in [0.15, 0.2) is 11.5 Å². The summed E-state index contributed by atoms with van der Waals surface area (Å²) in [6.07, 6.45) is 1.64. The number of rotatable bonds is 10. The van der Waals surface area contributed by atoms with Crippen molar-refractivity contribution in [3.63, 3.8) is 0 Å². The number of carbonyl (C=O) groups excluding carboxylic acids is 2. The van der Waals surface area contributed by atoms with E-state index in [9.17, 15) is 19.7 Å². The number of ether oxygens (including phenoxy) is 3. The van der Waals surface area contributed by atoms with Crippen LogP contribution in [0.3, 0.4) is 0 Å². The summed E-state index contributed by atoms with van der Waals surface area (Å²) in [7, 11) is 1.54. The minimum absolute atomic E-state index is 0.00818. The molecular formula is C26H20Br2N2O7S. The summed E-state index contributed by atoms with van der Waals surface area (Å²) in [5.41, 5.74) is 1.46. The Balaban J connectivity index is 1.39. The number of thioether (sulfide) groups is 1. The Kier molecular flexibility index (Phi) is 9.08. The van der Waals surface area contributed by atoms with Gasteiger partial charge in [0.05, 0.1) is 32.4 Å². The van der Waals surface area contributed by atoms with Gasteiger partial charge in [0.25, 0.3) is 16.8 Å². The molecule has 0 saturated carbocycles. The van der Waals surface area contributed by atoms with Crippen molar-refractivity contribution in [1.29, 1.82) is 0 Å². The first-order valence-electron chi connectivity index (χ1n) is 11.1. The summed E-state index contributed by atoms with van der Waals surface area (Å²) in [6, 6.07) is 16.8. The predicted molar refractivity (Wildman–Crippen MR) is 150 cm³/mol. The molecule has 1 heterocycles. The van der Waals surface area contributed by atoms with Crippen molar-refractivity contribution in [2.45, 2.75) is 6.61 Å². The van der Waals surface area contributed by atoms with E-state index in [2.05, 4.69) is 31.9 Å². The fraction of sp³-hybridized carbons (Fsp3) is 0.154. The highest BCUT2D eigenvalue weighted by Gasteiger charge is 2.35. The van der Waals surface area contributed by atoms with Crippen LogP contribution in [-0.4, -0.2) is 41.2 Å². The van der Waals surface area contributed by atoms with Crippen LogP contribution in [0, 0.1) is 10.1 Å². The van der Waals surface area contributed by atoms with Crippen LogP contribution < -0.4 is 14.2 Å². The topological polar surface area (TPSA) is 108 Å². The number of nitro groups is 1.